The first-order valence-electron chi connectivity index (χ1n) is 7.29. The summed E-state index contributed by atoms with van der Waals surface area (Å²) < 4.78 is 4.98. The number of rotatable bonds is 6. The molecule has 0 aliphatic heterocycles. The van der Waals surface area contributed by atoms with Crippen molar-refractivity contribution in [3.8, 4) is 0 Å². The van der Waals surface area contributed by atoms with Crippen LogP contribution < -0.4 is 5.73 Å². The lowest BCUT2D eigenvalue weighted by atomic mass is 9.90. The Morgan fingerprint density at radius 3 is 2.86 bits per heavy atom. The smallest absolute Gasteiger partial charge is 0.362 e. The average molecular weight is 311 g/mol. The predicted octanol–water partition coefficient (Wildman–Crippen LogP) is 2.59. The van der Waals surface area contributed by atoms with Crippen LogP contribution in [0.25, 0.3) is 0 Å². The minimum absolute atomic E-state index is 0.0839. The minimum Gasteiger partial charge on any atom is -0.461 e. The van der Waals surface area contributed by atoms with Crippen molar-refractivity contribution < 1.29 is 14.4 Å². The lowest BCUT2D eigenvalue weighted by molar-refractivity contribution is -0.135. The van der Waals surface area contributed by atoms with Gasteiger partial charge in [-0.1, -0.05) is 24.4 Å². The van der Waals surface area contributed by atoms with Gasteiger partial charge < -0.3 is 15.3 Å². The maximum atomic E-state index is 11.9. The summed E-state index contributed by atoms with van der Waals surface area (Å²) in [5, 5.41) is 6.01. The average Bonchev–Trinajstić information content (AvgIpc) is 2.91. The van der Waals surface area contributed by atoms with E-state index in [1.54, 1.807) is 12.3 Å². The van der Waals surface area contributed by atoms with Crippen LogP contribution in [0.2, 0.25) is 0 Å². The van der Waals surface area contributed by atoms with Crippen molar-refractivity contribution in [3.63, 3.8) is 0 Å². The van der Waals surface area contributed by atoms with E-state index >= 15 is 0 Å². The fourth-order valence-electron chi connectivity index (χ4n) is 2.35. The van der Waals surface area contributed by atoms with E-state index in [-0.39, 0.29) is 12.3 Å². The molecule has 0 amide bonds. The van der Waals surface area contributed by atoms with Crippen LogP contribution in [0, 0.1) is 5.92 Å². The highest BCUT2D eigenvalue weighted by molar-refractivity contribution is 7.13. The molecule has 7 heteroatoms. The van der Waals surface area contributed by atoms with E-state index in [2.05, 4.69) is 10.1 Å². The van der Waals surface area contributed by atoms with Crippen molar-refractivity contribution in [3.05, 3.63) is 11.1 Å². The summed E-state index contributed by atoms with van der Waals surface area (Å²) in [6.07, 6.45) is 6.10. The molecule has 1 aliphatic carbocycles. The Bertz CT molecular complexity index is 495. The zero-order valence-electron chi connectivity index (χ0n) is 12.2. The SMILES string of the molecule is CCOC(=O)/C(=N/OCC1CCCCC1)c1csc(N)n1. The summed E-state index contributed by atoms with van der Waals surface area (Å²) in [5.74, 6) is -0.0158. The topological polar surface area (TPSA) is 86.8 Å². The van der Waals surface area contributed by atoms with Crippen molar-refractivity contribution in [1.82, 2.24) is 4.98 Å². The number of hydrogen-bond acceptors (Lipinski definition) is 7. The molecule has 1 aromatic heterocycles. The van der Waals surface area contributed by atoms with E-state index in [0.29, 0.717) is 23.4 Å². The quantitative estimate of drug-likeness (QED) is 0.495. The highest BCUT2D eigenvalue weighted by Crippen LogP contribution is 2.23. The van der Waals surface area contributed by atoms with Crippen molar-refractivity contribution in [1.29, 1.82) is 0 Å². The van der Waals surface area contributed by atoms with Crippen molar-refractivity contribution in [2.75, 3.05) is 18.9 Å². The molecular formula is C14H21N3O3S. The van der Waals surface area contributed by atoms with Gasteiger partial charge in [0.05, 0.1) is 6.61 Å². The molecule has 21 heavy (non-hydrogen) atoms. The summed E-state index contributed by atoms with van der Waals surface area (Å²) in [4.78, 5) is 21.4. The van der Waals surface area contributed by atoms with Crippen LogP contribution in [0.1, 0.15) is 44.7 Å². The third-order valence-corrected chi connectivity index (χ3v) is 4.10. The van der Waals surface area contributed by atoms with Crippen LogP contribution in [0.3, 0.4) is 0 Å². The monoisotopic (exact) mass is 311 g/mol. The highest BCUT2D eigenvalue weighted by Gasteiger charge is 2.20. The summed E-state index contributed by atoms with van der Waals surface area (Å²) in [7, 11) is 0. The van der Waals surface area contributed by atoms with Crippen molar-refractivity contribution in [2.24, 2.45) is 11.1 Å². The third kappa shape index (κ3) is 4.70. The number of esters is 1. The van der Waals surface area contributed by atoms with Gasteiger partial charge in [-0.15, -0.1) is 11.3 Å². The number of hydrogen-bond donors (Lipinski definition) is 1. The number of nitrogens with two attached hydrogens (primary N) is 1. The Balaban J connectivity index is 2.00. The summed E-state index contributed by atoms with van der Waals surface area (Å²) >= 11 is 1.25. The largest absolute Gasteiger partial charge is 0.461 e. The van der Waals surface area contributed by atoms with E-state index in [4.69, 9.17) is 15.3 Å². The third-order valence-electron chi connectivity index (χ3n) is 3.42. The van der Waals surface area contributed by atoms with Gasteiger partial charge >= 0.3 is 5.97 Å². The Hall–Kier alpha value is -1.63. The molecule has 116 valence electrons. The van der Waals surface area contributed by atoms with Gasteiger partial charge in [-0.2, -0.15) is 0 Å². The predicted molar refractivity (Wildman–Crippen MR) is 82.2 cm³/mol. The number of anilines is 1. The van der Waals surface area contributed by atoms with Crippen molar-refractivity contribution >= 4 is 28.1 Å². The molecule has 1 fully saturated rings. The summed E-state index contributed by atoms with van der Waals surface area (Å²) in [6, 6.07) is 0. The Labute approximate surface area is 128 Å². The van der Waals surface area contributed by atoms with E-state index in [1.165, 1.54) is 30.6 Å². The molecule has 1 aliphatic rings. The van der Waals surface area contributed by atoms with Crippen LogP contribution in [-0.2, 0) is 14.4 Å². The molecule has 1 aromatic rings. The van der Waals surface area contributed by atoms with Gasteiger partial charge in [0.25, 0.3) is 0 Å². The van der Waals surface area contributed by atoms with E-state index in [9.17, 15) is 4.79 Å². The van der Waals surface area contributed by atoms with E-state index < -0.39 is 5.97 Å². The number of oxime groups is 1. The van der Waals surface area contributed by atoms with Crippen LogP contribution in [0.15, 0.2) is 10.5 Å². The normalized spacial score (nSPS) is 16.7. The van der Waals surface area contributed by atoms with Crippen molar-refractivity contribution in [2.45, 2.75) is 39.0 Å². The molecular weight excluding hydrogens is 290 g/mol. The second-order valence-electron chi connectivity index (χ2n) is 5.03. The van der Waals surface area contributed by atoms with E-state index in [1.807, 2.05) is 0 Å². The lowest BCUT2D eigenvalue weighted by Crippen LogP contribution is -2.20. The zero-order chi connectivity index (χ0) is 15.1. The minimum atomic E-state index is -0.536. The molecule has 2 rings (SSSR count). The first-order chi connectivity index (χ1) is 10.2. The number of carbonyl (C=O) groups is 1. The van der Waals surface area contributed by atoms with Gasteiger partial charge in [0.2, 0.25) is 5.71 Å². The highest BCUT2D eigenvalue weighted by atomic mass is 32.1. The first-order valence-corrected chi connectivity index (χ1v) is 8.17. The van der Waals surface area contributed by atoms with Gasteiger partial charge in [0.15, 0.2) is 5.13 Å². The zero-order valence-corrected chi connectivity index (χ0v) is 13.0. The van der Waals surface area contributed by atoms with Crippen LogP contribution >= 0.6 is 11.3 Å². The van der Waals surface area contributed by atoms with Gasteiger partial charge in [-0.05, 0) is 25.7 Å². The van der Waals surface area contributed by atoms with E-state index in [0.717, 1.165) is 12.8 Å². The summed E-state index contributed by atoms with van der Waals surface area (Å²) in [5.41, 5.74) is 6.08. The number of carbonyl (C=O) groups excluding carboxylic acids is 1. The molecule has 0 unspecified atom stereocenters. The maximum Gasteiger partial charge on any atom is 0.362 e. The van der Waals surface area contributed by atoms with Gasteiger partial charge in [-0.3, -0.25) is 0 Å². The van der Waals surface area contributed by atoms with Gasteiger partial charge in [0.1, 0.15) is 12.3 Å². The van der Waals surface area contributed by atoms with Crippen LogP contribution in [0.5, 0.6) is 0 Å². The first kappa shape index (κ1) is 15.8. The van der Waals surface area contributed by atoms with Crippen LogP contribution in [-0.4, -0.2) is 29.9 Å². The lowest BCUT2D eigenvalue weighted by Gasteiger charge is -2.19. The Morgan fingerprint density at radius 1 is 1.48 bits per heavy atom. The Kier molecular flexibility index (Phi) is 5.98. The molecule has 0 saturated heterocycles. The maximum absolute atomic E-state index is 11.9. The second kappa shape index (κ2) is 7.97. The number of nitrogen functional groups attached to an aromatic ring is 1. The fraction of sp³-hybridized carbons (Fsp3) is 0.643. The number of thiazole rings is 1. The van der Waals surface area contributed by atoms with Crippen LogP contribution in [0.4, 0.5) is 5.13 Å². The summed E-state index contributed by atoms with van der Waals surface area (Å²) in [6.45, 7) is 2.55. The molecule has 0 atom stereocenters. The molecule has 0 bridgehead atoms. The number of nitrogens with zero attached hydrogens (tertiary/aromatic N) is 2. The second-order valence-corrected chi connectivity index (χ2v) is 5.92. The molecule has 0 aromatic carbocycles. The standard InChI is InChI=1S/C14H21N3O3S/c1-2-19-13(18)12(11-9-21-14(15)16-11)17-20-8-10-6-4-3-5-7-10/h9-10H,2-8H2,1H3,(H2,15,16)/b17-12+. The number of ether oxygens (including phenoxy) is 1. The molecule has 1 heterocycles. The molecule has 2 N–H and O–H groups in total. The van der Waals surface area contributed by atoms with Gasteiger partial charge in [0, 0.05) is 5.38 Å². The Morgan fingerprint density at radius 2 is 2.24 bits per heavy atom. The fourth-order valence-corrected chi connectivity index (χ4v) is 2.89. The molecule has 1 saturated carbocycles. The number of aromatic nitrogens is 1. The molecule has 0 radical (unpaired) electrons. The molecule has 6 nitrogen and oxygen atoms in total. The molecule has 0 spiro atoms. The van der Waals surface area contributed by atoms with Gasteiger partial charge in [-0.25, -0.2) is 9.78 Å².